The van der Waals surface area contributed by atoms with Gasteiger partial charge in [0.2, 0.25) is 0 Å². The first-order valence-electron chi connectivity index (χ1n) is 9.75. The molecule has 166 valence electrons. The van der Waals surface area contributed by atoms with Crippen molar-refractivity contribution in [3.63, 3.8) is 0 Å². The summed E-state index contributed by atoms with van der Waals surface area (Å²) in [5, 5.41) is 13.5. The Kier molecular flexibility index (Phi) is 6.31. The van der Waals surface area contributed by atoms with Crippen molar-refractivity contribution >= 4 is 33.0 Å². The van der Waals surface area contributed by atoms with Gasteiger partial charge in [-0.1, -0.05) is 32.9 Å². The summed E-state index contributed by atoms with van der Waals surface area (Å²) < 4.78 is 27.4. The Bertz CT molecular complexity index is 1230. The fraction of sp³-hybridized carbons (Fsp3) is 0.174. The Labute approximate surface area is 186 Å². The number of nitrogens with one attached hydrogen (secondary N) is 2. The molecule has 9 heteroatoms. The van der Waals surface area contributed by atoms with Crippen LogP contribution >= 0.6 is 0 Å². The van der Waals surface area contributed by atoms with Gasteiger partial charge in [-0.2, -0.15) is 0 Å². The molecule has 0 aromatic heterocycles. The highest BCUT2D eigenvalue weighted by atomic mass is 32.2. The molecule has 0 heterocycles. The van der Waals surface area contributed by atoms with Crippen molar-refractivity contribution in [3.05, 3.63) is 94.0 Å². The molecule has 0 fully saturated rings. The van der Waals surface area contributed by atoms with Crippen molar-refractivity contribution in [2.75, 3.05) is 10.0 Å². The van der Waals surface area contributed by atoms with E-state index in [2.05, 4.69) is 30.8 Å². The minimum Gasteiger partial charge on any atom is -0.322 e. The molecular formula is C23H23N3O5S. The van der Waals surface area contributed by atoms with Gasteiger partial charge in [0.05, 0.1) is 9.82 Å². The number of nitrogens with zero attached hydrogens (tertiary/aromatic N) is 1. The molecule has 0 spiro atoms. The average Bonchev–Trinajstić information content (AvgIpc) is 2.74. The van der Waals surface area contributed by atoms with E-state index < -0.39 is 14.9 Å². The predicted octanol–water partition coefficient (Wildman–Crippen LogP) is 4.95. The summed E-state index contributed by atoms with van der Waals surface area (Å²) >= 11 is 0. The molecule has 0 aliphatic rings. The van der Waals surface area contributed by atoms with Gasteiger partial charge in [0.15, 0.2) is 0 Å². The van der Waals surface area contributed by atoms with Crippen LogP contribution in [0.4, 0.5) is 17.1 Å². The van der Waals surface area contributed by atoms with Gasteiger partial charge in [-0.25, -0.2) is 8.42 Å². The van der Waals surface area contributed by atoms with Crippen LogP contribution in [0, 0.1) is 10.1 Å². The van der Waals surface area contributed by atoms with Crippen LogP contribution in [0.15, 0.2) is 77.7 Å². The van der Waals surface area contributed by atoms with Crippen LogP contribution in [-0.4, -0.2) is 19.2 Å². The molecule has 3 rings (SSSR count). The Morgan fingerprint density at radius 1 is 0.844 bits per heavy atom. The lowest BCUT2D eigenvalue weighted by molar-refractivity contribution is -0.384. The third kappa shape index (κ3) is 5.50. The summed E-state index contributed by atoms with van der Waals surface area (Å²) in [6, 6.07) is 18.1. The fourth-order valence-corrected chi connectivity index (χ4v) is 3.97. The molecule has 3 aromatic carbocycles. The lowest BCUT2D eigenvalue weighted by Gasteiger charge is -2.19. The topological polar surface area (TPSA) is 118 Å². The molecule has 0 bridgehead atoms. The Morgan fingerprint density at radius 2 is 1.38 bits per heavy atom. The van der Waals surface area contributed by atoms with Gasteiger partial charge in [0.25, 0.3) is 21.6 Å². The first-order valence-corrected chi connectivity index (χ1v) is 11.2. The Balaban J connectivity index is 1.66. The van der Waals surface area contributed by atoms with Crippen LogP contribution in [0.25, 0.3) is 0 Å². The maximum atomic E-state index is 12.5. The number of non-ortho nitro benzene ring substituents is 1. The van der Waals surface area contributed by atoms with Crippen LogP contribution in [-0.2, 0) is 15.4 Å². The normalized spacial score (nSPS) is 11.6. The van der Waals surface area contributed by atoms with Crippen LogP contribution in [0.5, 0.6) is 0 Å². The van der Waals surface area contributed by atoms with Crippen LogP contribution < -0.4 is 10.0 Å². The number of sulfonamides is 1. The van der Waals surface area contributed by atoms with Crippen molar-refractivity contribution in [1.29, 1.82) is 0 Å². The second kappa shape index (κ2) is 8.80. The Morgan fingerprint density at radius 3 is 1.88 bits per heavy atom. The van der Waals surface area contributed by atoms with Gasteiger partial charge >= 0.3 is 0 Å². The fourth-order valence-electron chi connectivity index (χ4n) is 2.91. The van der Waals surface area contributed by atoms with E-state index in [9.17, 15) is 23.3 Å². The van der Waals surface area contributed by atoms with Crippen LogP contribution in [0.3, 0.4) is 0 Å². The molecule has 1 amide bonds. The van der Waals surface area contributed by atoms with Crippen molar-refractivity contribution in [3.8, 4) is 0 Å². The molecule has 8 nitrogen and oxygen atoms in total. The summed E-state index contributed by atoms with van der Waals surface area (Å²) in [5.74, 6) is -0.273. The van der Waals surface area contributed by atoms with E-state index in [1.165, 1.54) is 24.3 Å². The average molecular weight is 454 g/mol. The number of hydrogen-bond acceptors (Lipinski definition) is 5. The summed E-state index contributed by atoms with van der Waals surface area (Å²) in [6.45, 7) is 6.29. The van der Waals surface area contributed by atoms with Crippen molar-refractivity contribution in [2.24, 2.45) is 0 Å². The SMILES string of the molecule is CC(C)(C)c1ccc(C(=O)Nc2ccc(NS(=O)(=O)c3ccc([N+](=O)[O-])cc3)cc2)cc1. The molecule has 0 saturated heterocycles. The minimum atomic E-state index is -3.91. The van der Waals surface area contributed by atoms with Gasteiger partial charge in [0.1, 0.15) is 0 Å². The number of hydrogen-bond donors (Lipinski definition) is 2. The zero-order valence-corrected chi connectivity index (χ0v) is 18.6. The van der Waals surface area contributed by atoms with E-state index in [0.717, 1.165) is 17.7 Å². The highest BCUT2D eigenvalue weighted by Crippen LogP contribution is 2.23. The van der Waals surface area contributed by atoms with E-state index in [-0.39, 0.29) is 27.6 Å². The molecule has 3 aromatic rings. The summed E-state index contributed by atoms with van der Waals surface area (Å²) in [4.78, 5) is 22.5. The number of nitro benzene ring substituents is 1. The molecule has 0 aliphatic carbocycles. The quantitative estimate of drug-likeness (QED) is 0.405. The predicted molar refractivity (Wildman–Crippen MR) is 123 cm³/mol. The summed E-state index contributed by atoms with van der Waals surface area (Å²) in [7, 11) is -3.91. The molecule has 0 saturated carbocycles. The summed E-state index contributed by atoms with van der Waals surface area (Å²) in [5.41, 5.74) is 2.23. The lowest BCUT2D eigenvalue weighted by atomic mass is 9.87. The maximum Gasteiger partial charge on any atom is 0.269 e. The van der Waals surface area contributed by atoms with Gasteiger partial charge < -0.3 is 5.32 Å². The smallest absolute Gasteiger partial charge is 0.269 e. The maximum absolute atomic E-state index is 12.5. The molecule has 2 N–H and O–H groups in total. The third-order valence-electron chi connectivity index (χ3n) is 4.77. The highest BCUT2D eigenvalue weighted by Gasteiger charge is 2.17. The van der Waals surface area contributed by atoms with E-state index in [1.54, 1.807) is 24.3 Å². The molecule has 0 unspecified atom stereocenters. The first-order chi connectivity index (χ1) is 15.0. The number of anilines is 2. The largest absolute Gasteiger partial charge is 0.322 e. The number of carbonyl (C=O) groups excluding carboxylic acids is 1. The van der Waals surface area contributed by atoms with E-state index >= 15 is 0 Å². The second-order valence-electron chi connectivity index (χ2n) is 8.22. The van der Waals surface area contributed by atoms with Crippen molar-refractivity contribution in [2.45, 2.75) is 31.1 Å². The third-order valence-corrected chi connectivity index (χ3v) is 6.16. The summed E-state index contributed by atoms with van der Waals surface area (Å²) in [6.07, 6.45) is 0. The minimum absolute atomic E-state index is 0.00730. The van der Waals surface area contributed by atoms with Crippen molar-refractivity contribution < 1.29 is 18.1 Å². The number of benzene rings is 3. The Hall–Kier alpha value is -3.72. The van der Waals surface area contributed by atoms with Gasteiger partial charge in [-0.05, 0) is 59.5 Å². The zero-order valence-electron chi connectivity index (χ0n) is 17.8. The van der Waals surface area contributed by atoms with Gasteiger partial charge in [-0.3, -0.25) is 19.6 Å². The molecule has 0 aliphatic heterocycles. The monoisotopic (exact) mass is 453 g/mol. The number of rotatable bonds is 6. The molecule has 0 radical (unpaired) electrons. The number of carbonyl (C=O) groups is 1. The molecule has 0 atom stereocenters. The van der Waals surface area contributed by atoms with E-state index in [1.807, 2.05) is 12.1 Å². The molecule has 32 heavy (non-hydrogen) atoms. The van der Waals surface area contributed by atoms with Crippen LogP contribution in [0.1, 0.15) is 36.7 Å². The molecular weight excluding hydrogens is 430 g/mol. The second-order valence-corrected chi connectivity index (χ2v) is 9.90. The standard InChI is InChI=1S/C23H23N3O5S/c1-23(2,3)17-6-4-16(5-7-17)22(27)24-18-8-10-19(11-9-18)25-32(30,31)21-14-12-20(13-15-21)26(28)29/h4-15,25H,1-3H3,(H,24,27). The van der Waals surface area contributed by atoms with Crippen molar-refractivity contribution in [1.82, 2.24) is 0 Å². The van der Waals surface area contributed by atoms with Crippen LogP contribution in [0.2, 0.25) is 0 Å². The van der Waals surface area contributed by atoms with E-state index in [0.29, 0.717) is 11.3 Å². The lowest BCUT2D eigenvalue weighted by Crippen LogP contribution is -2.15. The number of nitro groups is 1. The highest BCUT2D eigenvalue weighted by molar-refractivity contribution is 7.92. The van der Waals surface area contributed by atoms with Gasteiger partial charge in [-0.15, -0.1) is 0 Å². The zero-order chi connectivity index (χ0) is 23.5. The van der Waals surface area contributed by atoms with E-state index in [4.69, 9.17) is 0 Å². The number of amides is 1. The van der Waals surface area contributed by atoms with Gasteiger partial charge in [0, 0.05) is 29.1 Å². The first kappa shape index (κ1) is 23.0.